The van der Waals surface area contributed by atoms with Crippen LogP contribution in [0.25, 0.3) is 0 Å². The molecular weight excluding hydrogens is 256 g/mol. The van der Waals surface area contributed by atoms with E-state index in [1.54, 1.807) is 0 Å². The molecule has 1 aromatic heterocycles. The summed E-state index contributed by atoms with van der Waals surface area (Å²) in [6.07, 6.45) is 2.33. The maximum absolute atomic E-state index is 11.5. The molecule has 1 aliphatic rings. The molecule has 2 heterocycles. The molecule has 1 aromatic rings. The van der Waals surface area contributed by atoms with Crippen LogP contribution in [-0.2, 0) is 13.8 Å². The molecule has 0 aromatic carbocycles. The van der Waals surface area contributed by atoms with Gasteiger partial charge < -0.3 is 0 Å². The number of rotatable bonds is 2. The first-order valence-corrected chi connectivity index (χ1v) is 6.71. The Kier molecular flexibility index (Phi) is 2.76. The third kappa shape index (κ3) is 2.12. The normalized spacial score (nSPS) is 21.4. The van der Waals surface area contributed by atoms with Gasteiger partial charge >= 0.3 is 0 Å². The molecule has 1 fully saturated rings. The van der Waals surface area contributed by atoms with Crippen LogP contribution in [0, 0.1) is 0 Å². The summed E-state index contributed by atoms with van der Waals surface area (Å²) in [5, 5.41) is -0.904. The molecule has 0 spiro atoms. The minimum absolute atomic E-state index is 0.0192. The molecule has 9 heteroatoms. The number of hydrogen-bond donors (Lipinski definition) is 0. The molecule has 0 aliphatic carbocycles. The van der Waals surface area contributed by atoms with Gasteiger partial charge in [0.1, 0.15) is 17.9 Å². The Bertz CT molecular complexity index is 506. The molecule has 0 bridgehead atoms. The van der Waals surface area contributed by atoms with Crippen molar-refractivity contribution in [3.8, 4) is 0 Å². The lowest BCUT2D eigenvalue weighted by Gasteiger charge is -2.12. The molecule has 1 atom stereocenters. The number of carbonyl (C=O) groups is 1. The minimum Gasteiger partial charge on any atom is -0.279 e. The number of anilines is 1. The van der Waals surface area contributed by atoms with Crippen LogP contribution in [0.5, 0.6) is 0 Å². The number of amides is 1. The first-order valence-electron chi connectivity index (χ1n) is 4.34. The molecule has 0 saturated carbocycles. The van der Waals surface area contributed by atoms with Gasteiger partial charge in [-0.1, -0.05) is 0 Å². The Balaban J connectivity index is 2.25. The van der Waals surface area contributed by atoms with Crippen LogP contribution in [-0.4, -0.2) is 41.1 Å². The number of halogens is 1. The fraction of sp³-hybridized carbons (Fsp3) is 0.429. The summed E-state index contributed by atoms with van der Waals surface area (Å²) < 4.78 is 22.2. The van der Waals surface area contributed by atoms with Crippen molar-refractivity contribution in [1.82, 2.24) is 15.0 Å². The highest BCUT2D eigenvalue weighted by atomic mass is 35.7. The van der Waals surface area contributed by atoms with E-state index >= 15 is 0 Å². The topological polar surface area (TPSA) is 93.1 Å². The van der Waals surface area contributed by atoms with E-state index < -0.39 is 14.3 Å². The van der Waals surface area contributed by atoms with Gasteiger partial charge in [-0.2, -0.15) is 0 Å². The summed E-state index contributed by atoms with van der Waals surface area (Å²) in [5.74, 6) is -0.219. The highest BCUT2D eigenvalue weighted by molar-refractivity contribution is 8.14. The van der Waals surface area contributed by atoms with E-state index in [0.29, 0.717) is 0 Å². The quantitative estimate of drug-likeness (QED) is 0.670. The molecule has 0 N–H and O–H groups in total. The molecule has 7 nitrogen and oxygen atoms in total. The van der Waals surface area contributed by atoms with Crippen molar-refractivity contribution >= 4 is 31.6 Å². The molecule has 1 amide bonds. The van der Waals surface area contributed by atoms with Crippen LogP contribution in [0.1, 0.15) is 6.42 Å². The Labute approximate surface area is 95.9 Å². The van der Waals surface area contributed by atoms with E-state index in [1.807, 2.05) is 0 Å². The highest BCUT2D eigenvalue weighted by Gasteiger charge is 2.39. The third-order valence-corrected chi connectivity index (χ3v) is 4.08. The van der Waals surface area contributed by atoms with Crippen LogP contribution in [0.2, 0.25) is 0 Å². The number of carbonyl (C=O) groups excluding carboxylic acids is 1. The number of nitrogens with zero attached hydrogens (tertiary/aromatic N) is 4. The van der Waals surface area contributed by atoms with E-state index in [4.69, 9.17) is 10.7 Å². The Morgan fingerprint density at radius 3 is 2.50 bits per heavy atom. The third-order valence-electron chi connectivity index (χ3n) is 2.21. The van der Waals surface area contributed by atoms with Gasteiger partial charge in [-0.3, -0.25) is 9.69 Å². The molecule has 1 saturated heterocycles. The van der Waals surface area contributed by atoms with E-state index in [-0.39, 0.29) is 24.8 Å². The second-order valence-electron chi connectivity index (χ2n) is 3.24. The van der Waals surface area contributed by atoms with E-state index in [0.717, 1.165) is 0 Å². The zero-order valence-electron chi connectivity index (χ0n) is 7.95. The summed E-state index contributed by atoms with van der Waals surface area (Å²) in [4.78, 5) is 23.9. The highest BCUT2D eigenvalue weighted by Crippen LogP contribution is 2.23. The van der Waals surface area contributed by atoms with Gasteiger partial charge in [-0.25, -0.2) is 23.4 Å². The Morgan fingerprint density at radius 2 is 2.00 bits per heavy atom. The summed E-state index contributed by atoms with van der Waals surface area (Å²) >= 11 is 0. The standard InChI is InChI=1S/C7H7ClN4O3S/c8-16(14,15)5-1-6(13)12(2-5)7-10-3-9-4-11-7/h3-5H,1-2H2. The molecule has 16 heavy (non-hydrogen) atoms. The second kappa shape index (κ2) is 3.95. The summed E-state index contributed by atoms with van der Waals surface area (Å²) in [5.41, 5.74) is 0. The van der Waals surface area contributed by atoms with E-state index in [9.17, 15) is 13.2 Å². The van der Waals surface area contributed by atoms with E-state index in [1.165, 1.54) is 17.6 Å². The average molecular weight is 263 g/mol. The monoisotopic (exact) mass is 262 g/mol. The van der Waals surface area contributed by atoms with Crippen LogP contribution in [0.15, 0.2) is 12.7 Å². The van der Waals surface area contributed by atoms with Gasteiger partial charge in [0.05, 0.1) is 0 Å². The first kappa shape index (κ1) is 11.2. The molecule has 2 rings (SSSR count). The van der Waals surface area contributed by atoms with Gasteiger partial charge in [0.15, 0.2) is 0 Å². The molecular formula is C7H7ClN4O3S. The van der Waals surface area contributed by atoms with Crippen molar-refractivity contribution in [2.75, 3.05) is 11.4 Å². The predicted molar refractivity (Wildman–Crippen MR) is 55.4 cm³/mol. The Morgan fingerprint density at radius 1 is 1.38 bits per heavy atom. The zero-order valence-corrected chi connectivity index (χ0v) is 9.52. The minimum atomic E-state index is -3.74. The summed E-state index contributed by atoms with van der Waals surface area (Å²) in [6, 6.07) is 0. The average Bonchev–Trinajstić information content (AvgIpc) is 2.61. The molecule has 86 valence electrons. The number of aromatic nitrogens is 3. The predicted octanol–water partition coefficient (Wildman–Crippen LogP) is -0.455. The lowest BCUT2D eigenvalue weighted by atomic mass is 10.4. The van der Waals surface area contributed by atoms with Gasteiger partial charge in [-0.05, 0) is 0 Å². The first-order chi connectivity index (χ1) is 7.48. The second-order valence-corrected chi connectivity index (χ2v) is 6.15. The lowest BCUT2D eigenvalue weighted by molar-refractivity contribution is -0.117. The van der Waals surface area contributed by atoms with E-state index in [2.05, 4.69) is 15.0 Å². The van der Waals surface area contributed by atoms with Gasteiger partial charge in [-0.15, -0.1) is 0 Å². The smallest absolute Gasteiger partial charge is 0.237 e. The maximum Gasteiger partial charge on any atom is 0.237 e. The summed E-state index contributed by atoms with van der Waals surface area (Å²) in [6.45, 7) is -0.0192. The Hall–Kier alpha value is -1.28. The molecule has 1 aliphatic heterocycles. The van der Waals surface area contributed by atoms with Crippen molar-refractivity contribution in [1.29, 1.82) is 0 Å². The van der Waals surface area contributed by atoms with Crippen molar-refractivity contribution < 1.29 is 13.2 Å². The SMILES string of the molecule is O=C1CC(S(=O)(=O)Cl)CN1c1ncncn1. The van der Waals surface area contributed by atoms with Crippen molar-refractivity contribution in [2.45, 2.75) is 11.7 Å². The lowest BCUT2D eigenvalue weighted by Crippen LogP contribution is -2.28. The largest absolute Gasteiger partial charge is 0.279 e. The fourth-order valence-corrected chi connectivity index (χ4v) is 2.46. The van der Waals surface area contributed by atoms with Crippen LogP contribution in [0.3, 0.4) is 0 Å². The van der Waals surface area contributed by atoms with Crippen LogP contribution >= 0.6 is 10.7 Å². The molecule has 0 radical (unpaired) electrons. The summed E-state index contributed by atoms with van der Waals surface area (Å²) in [7, 11) is 1.46. The van der Waals surface area contributed by atoms with Crippen LogP contribution in [0.4, 0.5) is 5.95 Å². The van der Waals surface area contributed by atoms with Crippen LogP contribution < -0.4 is 4.90 Å². The zero-order chi connectivity index (χ0) is 11.8. The maximum atomic E-state index is 11.5. The van der Waals surface area contributed by atoms with Gasteiger partial charge in [0.25, 0.3) is 0 Å². The van der Waals surface area contributed by atoms with Gasteiger partial charge in [0, 0.05) is 23.6 Å². The van der Waals surface area contributed by atoms with Gasteiger partial charge in [0.2, 0.25) is 20.9 Å². The fourth-order valence-electron chi connectivity index (χ4n) is 1.43. The number of hydrogen-bond acceptors (Lipinski definition) is 6. The van der Waals surface area contributed by atoms with Crippen molar-refractivity contribution in [3.63, 3.8) is 0 Å². The molecule has 1 unspecified atom stereocenters. The van der Waals surface area contributed by atoms with Crippen molar-refractivity contribution in [3.05, 3.63) is 12.7 Å². The van der Waals surface area contributed by atoms with Crippen molar-refractivity contribution in [2.24, 2.45) is 0 Å².